The van der Waals surface area contributed by atoms with Gasteiger partial charge in [-0.05, 0) is 25.7 Å². The molecule has 2 fully saturated rings. The first-order valence-corrected chi connectivity index (χ1v) is 7.89. The molecule has 1 aliphatic heterocycles. The average Bonchev–Trinajstić information content (AvgIpc) is 2.78. The summed E-state index contributed by atoms with van der Waals surface area (Å²) in [5.41, 5.74) is 0. The molecule has 0 aromatic heterocycles. The Morgan fingerprint density at radius 2 is 1.82 bits per heavy atom. The van der Waals surface area contributed by atoms with Gasteiger partial charge in [-0.3, -0.25) is 4.79 Å². The summed E-state index contributed by atoms with van der Waals surface area (Å²) in [7, 11) is 0. The Hall–Kier alpha value is -0.220. The Bertz CT molecular complexity index is 254. The lowest BCUT2D eigenvalue weighted by molar-refractivity contribution is -0.127. The van der Waals surface area contributed by atoms with Crippen LogP contribution in [0.4, 0.5) is 0 Å². The molecule has 2 unspecified atom stereocenters. The van der Waals surface area contributed by atoms with Gasteiger partial charge in [-0.25, -0.2) is 0 Å². The number of likely N-dealkylation sites (tertiary alicyclic amines) is 1. The third-order valence-electron chi connectivity index (χ3n) is 3.80. The first kappa shape index (κ1) is 13.2. The van der Waals surface area contributed by atoms with Crippen LogP contribution in [-0.4, -0.2) is 46.1 Å². The molecule has 2 atom stereocenters. The average molecular weight is 257 g/mol. The van der Waals surface area contributed by atoms with E-state index in [4.69, 9.17) is 0 Å². The molecule has 1 amide bonds. The highest BCUT2D eigenvalue weighted by molar-refractivity contribution is 8.00. The number of aliphatic hydroxyl groups excluding tert-OH is 1. The predicted molar refractivity (Wildman–Crippen MR) is 71.2 cm³/mol. The molecule has 0 bridgehead atoms. The highest BCUT2D eigenvalue weighted by Gasteiger charge is 2.24. The molecule has 0 radical (unpaired) electrons. The van der Waals surface area contributed by atoms with Crippen LogP contribution < -0.4 is 0 Å². The second kappa shape index (κ2) is 6.64. The lowest BCUT2D eigenvalue weighted by atomic mass is 10.1. The van der Waals surface area contributed by atoms with E-state index in [0.717, 1.165) is 45.2 Å². The summed E-state index contributed by atoms with van der Waals surface area (Å²) >= 11 is 1.67. The number of amides is 1. The van der Waals surface area contributed by atoms with Gasteiger partial charge in [-0.2, -0.15) is 0 Å². The minimum absolute atomic E-state index is 0.200. The molecular formula is C13H23NO2S. The van der Waals surface area contributed by atoms with Crippen LogP contribution in [0.1, 0.15) is 44.9 Å². The molecule has 2 rings (SSSR count). The Kier molecular flexibility index (Phi) is 5.16. The topological polar surface area (TPSA) is 40.5 Å². The van der Waals surface area contributed by atoms with Gasteiger partial charge in [0.2, 0.25) is 5.91 Å². The van der Waals surface area contributed by atoms with E-state index in [9.17, 15) is 9.90 Å². The zero-order valence-corrected chi connectivity index (χ0v) is 11.3. The van der Waals surface area contributed by atoms with Gasteiger partial charge in [-0.15, -0.1) is 11.8 Å². The molecule has 4 heteroatoms. The molecule has 1 N–H and O–H groups in total. The molecule has 0 aromatic rings. The highest BCUT2D eigenvalue weighted by atomic mass is 32.2. The molecular weight excluding hydrogens is 234 g/mol. The number of rotatable bonds is 3. The van der Waals surface area contributed by atoms with Gasteiger partial charge in [0.1, 0.15) is 0 Å². The van der Waals surface area contributed by atoms with Gasteiger partial charge < -0.3 is 10.0 Å². The summed E-state index contributed by atoms with van der Waals surface area (Å²) in [4.78, 5) is 13.9. The maximum Gasteiger partial charge on any atom is 0.232 e. The van der Waals surface area contributed by atoms with Crippen LogP contribution in [-0.2, 0) is 4.79 Å². The number of thioether (sulfide) groups is 1. The van der Waals surface area contributed by atoms with Crippen LogP contribution >= 0.6 is 11.8 Å². The SMILES string of the molecule is O=C(CSC1CCCCCC1O)N1CCCC1. The zero-order valence-electron chi connectivity index (χ0n) is 10.4. The molecule has 1 heterocycles. The number of carbonyl (C=O) groups excluding carboxylic acids is 1. The normalized spacial score (nSPS) is 30.3. The monoisotopic (exact) mass is 257 g/mol. The van der Waals surface area contributed by atoms with Crippen molar-refractivity contribution in [1.82, 2.24) is 4.90 Å². The maximum absolute atomic E-state index is 11.9. The fourth-order valence-electron chi connectivity index (χ4n) is 2.68. The van der Waals surface area contributed by atoms with Crippen molar-refractivity contribution < 1.29 is 9.90 Å². The molecule has 17 heavy (non-hydrogen) atoms. The van der Waals surface area contributed by atoms with Crippen molar-refractivity contribution in [2.75, 3.05) is 18.8 Å². The first-order chi connectivity index (χ1) is 8.27. The van der Waals surface area contributed by atoms with E-state index < -0.39 is 0 Å². The van der Waals surface area contributed by atoms with Crippen molar-refractivity contribution in [3.8, 4) is 0 Å². The molecule has 1 saturated carbocycles. The number of nitrogens with zero attached hydrogens (tertiary/aromatic N) is 1. The number of aliphatic hydroxyl groups is 1. The van der Waals surface area contributed by atoms with Crippen LogP contribution in [0.3, 0.4) is 0 Å². The van der Waals surface area contributed by atoms with E-state index in [-0.39, 0.29) is 17.3 Å². The van der Waals surface area contributed by atoms with Crippen molar-refractivity contribution in [2.24, 2.45) is 0 Å². The van der Waals surface area contributed by atoms with E-state index in [1.807, 2.05) is 4.90 Å². The molecule has 1 saturated heterocycles. The molecule has 1 aliphatic carbocycles. The maximum atomic E-state index is 11.9. The third kappa shape index (κ3) is 3.88. The van der Waals surface area contributed by atoms with Crippen LogP contribution in [0.25, 0.3) is 0 Å². The fourth-order valence-corrected chi connectivity index (χ4v) is 3.92. The van der Waals surface area contributed by atoms with Gasteiger partial charge in [-0.1, -0.05) is 19.3 Å². The van der Waals surface area contributed by atoms with E-state index in [2.05, 4.69) is 0 Å². The van der Waals surface area contributed by atoms with Gasteiger partial charge in [0.25, 0.3) is 0 Å². The summed E-state index contributed by atoms with van der Waals surface area (Å²) in [5, 5.41) is 10.3. The quantitative estimate of drug-likeness (QED) is 0.787. The van der Waals surface area contributed by atoms with Crippen molar-refractivity contribution in [1.29, 1.82) is 0 Å². The summed E-state index contributed by atoms with van der Waals surface area (Å²) in [6, 6.07) is 0. The molecule has 3 nitrogen and oxygen atoms in total. The van der Waals surface area contributed by atoms with Crippen molar-refractivity contribution in [3.63, 3.8) is 0 Å². The third-order valence-corrected chi connectivity index (χ3v) is 5.19. The van der Waals surface area contributed by atoms with Crippen LogP contribution in [0, 0.1) is 0 Å². The molecule has 0 spiro atoms. The summed E-state index contributed by atoms with van der Waals surface area (Å²) in [6.45, 7) is 1.87. The van der Waals surface area contributed by atoms with Crippen LogP contribution in [0.2, 0.25) is 0 Å². The minimum atomic E-state index is -0.200. The molecule has 2 aliphatic rings. The van der Waals surface area contributed by atoms with E-state index in [0.29, 0.717) is 5.75 Å². The van der Waals surface area contributed by atoms with E-state index >= 15 is 0 Å². The zero-order chi connectivity index (χ0) is 12.1. The summed E-state index contributed by atoms with van der Waals surface area (Å²) in [5.74, 6) is 0.825. The lowest BCUT2D eigenvalue weighted by Gasteiger charge is -2.21. The number of hydrogen-bond donors (Lipinski definition) is 1. The fraction of sp³-hybridized carbons (Fsp3) is 0.923. The Morgan fingerprint density at radius 1 is 1.12 bits per heavy atom. The second-order valence-electron chi connectivity index (χ2n) is 5.14. The standard InChI is InChI=1S/C13H23NO2S/c15-11-6-2-1-3-7-12(11)17-10-13(16)14-8-4-5-9-14/h11-12,15H,1-10H2. The minimum Gasteiger partial charge on any atom is -0.392 e. The summed E-state index contributed by atoms with van der Waals surface area (Å²) in [6.07, 6.45) is 7.66. The molecule has 0 aromatic carbocycles. The number of hydrogen-bond acceptors (Lipinski definition) is 3. The summed E-state index contributed by atoms with van der Waals surface area (Å²) < 4.78 is 0. The van der Waals surface area contributed by atoms with Crippen molar-refractivity contribution in [3.05, 3.63) is 0 Å². The first-order valence-electron chi connectivity index (χ1n) is 6.85. The second-order valence-corrected chi connectivity index (χ2v) is 6.37. The lowest BCUT2D eigenvalue weighted by Crippen LogP contribution is -2.31. The smallest absolute Gasteiger partial charge is 0.232 e. The van der Waals surface area contributed by atoms with Gasteiger partial charge >= 0.3 is 0 Å². The predicted octanol–water partition coefficient (Wildman–Crippen LogP) is 2.04. The highest BCUT2D eigenvalue weighted by Crippen LogP contribution is 2.28. The Balaban J connectivity index is 1.73. The molecule has 98 valence electrons. The largest absolute Gasteiger partial charge is 0.392 e. The van der Waals surface area contributed by atoms with Crippen LogP contribution in [0.15, 0.2) is 0 Å². The van der Waals surface area contributed by atoms with Gasteiger partial charge in [0.05, 0.1) is 11.9 Å². The van der Waals surface area contributed by atoms with Gasteiger partial charge in [0, 0.05) is 18.3 Å². The van der Waals surface area contributed by atoms with Crippen molar-refractivity contribution >= 4 is 17.7 Å². The Morgan fingerprint density at radius 3 is 2.59 bits per heavy atom. The van der Waals surface area contributed by atoms with E-state index in [1.54, 1.807) is 11.8 Å². The Labute approximate surface area is 108 Å². The van der Waals surface area contributed by atoms with Crippen molar-refractivity contribution in [2.45, 2.75) is 56.3 Å². The van der Waals surface area contributed by atoms with E-state index in [1.165, 1.54) is 12.8 Å². The van der Waals surface area contributed by atoms with Crippen LogP contribution in [0.5, 0.6) is 0 Å². The van der Waals surface area contributed by atoms with Gasteiger partial charge in [0.15, 0.2) is 0 Å². The number of carbonyl (C=O) groups is 1.